The number of esters is 1. The molecule has 0 unspecified atom stereocenters. The molecule has 0 amide bonds. The number of aromatic amines is 1. The first-order valence-corrected chi connectivity index (χ1v) is 10.3. The van der Waals surface area contributed by atoms with Crippen LogP contribution in [0.5, 0.6) is 5.75 Å². The van der Waals surface area contributed by atoms with Gasteiger partial charge in [0.2, 0.25) is 0 Å². The van der Waals surface area contributed by atoms with Crippen LogP contribution in [-0.4, -0.2) is 45.6 Å². The number of carboxylic acid groups (broad SMARTS) is 1. The number of nitrogens with one attached hydrogen (secondary N) is 1. The van der Waals surface area contributed by atoms with Crippen molar-refractivity contribution >= 4 is 22.8 Å². The van der Waals surface area contributed by atoms with Crippen molar-refractivity contribution in [2.45, 2.75) is 72.9 Å². The van der Waals surface area contributed by atoms with Gasteiger partial charge in [0.1, 0.15) is 5.75 Å². The van der Waals surface area contributed by atoms with E-state index >= 15 is 0 Å². The molecule has 1 aromatic carbocycles. The second-order valence-corrected chi connectivity index (χ2v) is 9.05. The van der Waals surface area contributed by atoms with Crippen LogP contribution >= 0.6 is 0 Å². The Morgan fingerprint density at radius 1 is 1.14 bits per heavy atom. The lowest BCUT2D eigenvalue weighted by atomic mass is 9.86. The lowest BCUT2D eigenvalue weighted by Gasteiger charge is -2.30. The third-order valence-corrected chi connectivity index (χ3v) is 5.19. The summed E-state index contributed by atoms with van der Waals surface area (Å²) in [6, 6.07) is 6.52. The lowest BCUT2D eigenvalue weighted by Crippen LogP contribution is -2.38. The molecule has 1 aromatic heterocycles. The Balaban J connectivity index is 2.19. The van der Waals surface area contributed by atoms with Gasteiger partial charge in [0.25, 0.3) is 0 Å². The molecule has 0 atom stereocenters. The number of carboxylic acids is 1. The third-order valence-electron chi connectivity index (χ3n) is 5.19. The summed E-state index contributed by atoms with van der Waals surface area (Å²) in [6.45, 7) is 13.2. The maximum atomic E-state index is 12.5. The number of hydrogen-bond acceptors (Lipinski definition) is 4. The lowest BCUT2D eigenvalue weighted by molar-refractivity contribution is -0.141. The topological polar surface area (TPSA) is 82.6 Å². The van der Waals surface area contributed by atoms with E-state index in [0.29, 0.717) is 17.8 Å². The Hall–Kier alpha value is -2.34. The molecule has 0 bridgehead atoms. The van der Waals surface area contributed by atoms with Gasteiger partial charge in [0.15, 0.2) is 0 Å². The number of fused-ring (bicyclic) bond motifs is 1. The van der Waals surface area contributed by atoms with Crippen LogP contribution in [0.3, 0.4) is 0 Å². The number of aliphatic carboxylic acids is 1. The second kappa shape index (κ2) is 9.44. The molecule has 2 rings (SSSR count). The van der Waals surface area contributed by atoms with E-state index in [-0.39, 0.29) is 12.8 Å². The molecule has 2 N–H and O–H groups in total. The minimum atomic E-state index is -0.919. The van der Waals surface area contributed by atoms with Gasteiger partial charge in [0.05, 0.1) is 12.8 Å². The summed E-state index contributed by atoms with van der Waals surface area (Å²) in [5, 5.41) is 9.94. The number of nitrogens with zero attached hydrogens (tertiary/aromatic N) is 1. The molecule has 0 saturated carbocycles. The van der Waals surface area contributed by atoms with E-state index < -0.39 is 17.4 Å². The zero-order valence-electron chi connectivity index (χ0n) is 18.4. The largest absolute Gasteiger partial charge is 0.481 e. The van der Waals surface area contributed by atoms with Crippen molar-refractivity contribution < 1.29 is 19.4 Å². The molecule has 0 fully saturated rings. The van der Waals surface area contributed by atoms with Crippen LogP contribution in [0.15, 0.2) is 24.4 Å². The Labute approximate surface area is 173 Å². The van der Waals surface area contributed by atoms with Crippen LogP contribution in [0.2, 0.25) is 0 Å². The highest BCUT2D eigenvalue weighted by molar-refractivity contribution is 5.91. The first kappa shape index (κ1) is 22.9. The van der Waals surface area contributed by atoms with Gasteiger partial charge in [-0.25, -0.2) is 0 Å². The highest BCUT2D eigenvalue weighted by Gasteiger charge is 2.27. The fourth-order valence-electron chi connectivity index (χ4n) is 3.89. The molecule has 29 heavy (non-hydrogen) atoms. The Morgan fingerprint density at radius 2 is 1.79 bits per heavy atom. The highest BCUT2D eigenvalue weighted by Crippen LogP contribution is 2.31. The van der Waals surface area contributed by atoms with E-state index in [1.54, 1.807) is 19.9 Å². The van der Waals surface area contributed by atoms with Gasteiger partial charge in [0, 0.05) is 35.7 Å². The van der Waals surface area contributed by atoms with Crippen molar-refractivity contribution in [3.63, 3.8) is 0 Å². The van der Waals surface area contributed by atoms with E-state index in [4.69, 9.17) is 9.84 Å². The number of carbonyl (C=O) groups is 2. The first-order valence-electron chi connectivity index (χ1n) is 10.3. The summed E-state index contributed by atoms with van der Waals surface area (Å²) in [5.74, 6) is -0.810. The number of H-pyrrole nitrogens is 1. The fraction of sp³-hybridized carbons (Fsp3) is 0.565. The number of carbonyl (C=O) groups excluding carboxylic acids is 1. The summed E-state index contributed by atoms with van der Waals surface area (Å²) in [7, 11) is 0. The van der Waals surface area contributed by atoms with Gasteiger partial charge in [-0.2, -0.15) is 0 Å². The molecule has 0 saturated heterocycles. The highest BCUT2D eigenvalue weighted by atomic mass is 16.5. The molecule has 6 nitrogen and oxygen atoms in total. The van der Waals surface area contributed by atoms with Gasteiger partial charge >= 0.3 is 11.9 Å². The van der Waals surface area contributed by atoms with Gasteiger partial charge in [-0.15, -0.1) is 0 Å². The van der Waals surface area contributed by atoms with E-state index in [1.807, 2.05) is 18.3 Å². The quantitative estimate of drug-likeness (QED) is 0.447. The molecular weight excluding hydrogens is 368 g/mol. The summed E-state index contributed by atoms with van der Waals surface area (Å²) in [6.07, 6.45) is 2.79. The van der Waals surface area contributed by atoms with E-state index in [9.17, 15) is 9.59 Å². The number of aromatic nitrogens is 1. The van der Waals surface area contributed by atoms with Crippen LogP contribution in [0.4, 0.5) is 0 Å². The minimum absolute atomic E-state index is 0.0456. The van der Waals surface area contributed by atoms with Crippen molar-refractivity contribution in [3.05, 3.63) is 30.0 Å². The summed E-state index contributed by atoms with van der Waals surface area (Å²) < 4.78 is 5.68. The summed E-state index contributed by atoms with van der Waals surface area (Å²) >= 11 is 0. The summed E-state index contributed by atoms with van der Waals surface area (Å²) in [5.41, 5.74) is 1.38. The van der Waals surface area contributed by atoms with Gasteiger partial charge < -0.3 is 14.8 Å². The molecule has 160 valence electrons. The van der Waals surface area contributed by atoms with Crippen molar-refractivity contribution in [2.24, 2.45) is 5.41 Å². The molecule has 1 heterocycles. The van der Waals surface area contributed by atoms with Crippen LogP contribution < -0.4 is 4.74 Å². The third kappa shape index (κ3) is 6.32. The number of benzene rings is 1. The van der Waals surface area contributed by atoms with Crippen molar-refractivity contribution in [1.82, 2.24) is 9.88 Å². The zero-order chi connectivity index (χ0) is 21.8. The minimum Gasteiger partial charge on any atom is -0.481 e. The maximum absolute atomic E-state index is 12.5. The smallest absolute Gasteiger partial charge is 0.311 e. The van der Waals surface area contributed by atoms with Crippen LogP contribution in [0, 0.1) is 5.41 Å². The molecule has 0 aliphatic rings. The molecule has 0 radical (unpaired) electrons. The van der Waals surface area contributed by atoms with Crippen LogP contribution in [-0.2, 0) is 16.0 Å². The predicted molar refractivity (Wildman–Crippen MR) is 115 cm³/mol. The van der Waals surface area contributed by atoms with E-state index in [0.717, 1.165) is 29.4 Å². The van der Waals surface area contributed by atoms with Gasteiger partial charge in [-0.1, -0.05) is 19.9 Å². The Kier molecular flexibility index (Phi) is 7.47. The molecular formula is C23H34N2O4. The van der Waals surface area contributed by atoms with Crippen molar-refractivity contribution in [1.29, 1.82) is 0 Å². The maximum Gasteiger partial charge on any atom is 0.311 e. The average Bonchev–Trinajstić information content (AvgIpc) is 2.96. The standard InChI is InChI=1S/C23H34N2O4/c1-15(2)25(16(3)4)11-10-17-14-24-18-8-7-9-19(22(17)18)29-21(28)13-23(5,6)12-20(26)27/h7-9,14-16,24H,10-13H2,1-6H3,(H,26,27). The monoisotopic (exact) mass is 402 g/mol. The van der Waals surface area contributed by atoms with E-state index in [1.165, 1.54) is 0 Å². The van der Waals surface area contributed by atoms with Crippen LogP contribution in [0.1, 0.15) is 59.9 Å². The van der Waals surface area contributed by atoms with Crippen LogP contribution in [0.25, 0.3) is 10.9 Å². The SMILES string of the molecule is CC(C)N(CCc1c[nH]c2cccc(OC(=O)CC(C)(C)CC(=O)O)c12)C(C)C. The number of ether oxygens (including phenoxy) is 1. The Morgan fingerprint density at radius 3 is 2.38 bits per heavy atom. The first-order chi connectivity index (χ1) is 13.5. The average molecular weight is 403 g/mol. The van der Waals surface area contributed by atoms with Gasteiger partial charge in [-0.3, -0.25) is 14.5 Å². The molecule has 2 aromatic rings. The van der Waals surface area contributed by atoms with E-state index in [2.05, 4.69) is 37.6 Å². The normalized spacial score (nSPS) is 12.3. The molecule has 0 aliphatic carbocycles. The van der Waals surface area contributed by atoms with Crippen molar-refractivity contribution in [2.75, 3.05) is 6.54 Å². The molecule has 0 spiro atoms. The molecule has 6 heteroatoms. The predicted octanol–water partition coefficient (Wildman–Crippen LogP) is 4.63. The fourth-order valence-corrected chi connectivity index (χ4v) is 3.89. The Bertz CT molecular complexity index is 844. The number of hydrogen-bond donors (Lipinski definition) is 2. The second-order valence-electron chi connectivity index (χ2n) is 9.05. The summed E-state index contributed by atoms with van der Waals surface area (Å²) in [4.78, 5) is 29.2. The molecule has 0 aliphatic heterocycles. The zero-order valence-corrected chi connectivity index (χ0v) is 18.4. The number of rotatable bonds is 10. The van der Waals surface area contributed by atoms with Gasteiger partial charge in [-0.05, 0) is 57.2 Å². The van der Waals surface area contributed by atoms with Crippen molar-refractivity contribution in [3.8, 4) is 5.75 Å².